The van der Waals surface area contributed by atoms with Crippen molar-refractivity contribution in [1.82, 2.24) is 9.78 Å². The van der Waals surface area contributed by atoms with E-state index in [1.165, 1.54) is 4.68 Å². The van der Waals surface area contributed by atoms with Crippen molar-refractivity contribution in [1.29, 1.82) is 0 Å². The zero-order valence-corrected chi connectivity index (χ0v) is 12.4. The van der Waals surface area contributed by atoms with Crippen molar-refractivity contribution < 1.29 is 0 Å². The molecule has 2 rings (SSSR count). The van der Waals surface area contributed by atoms with Gasteiger partial charge >= 0.3 is 0 Å². The topological polar surface area (TPSA) is 64.2 Å². The highest BCUT2D eigenvalue weighted by atomic mass is 79.9. The second kappa shape index (κ2) is 5.44. The average molecular weight is 323 g/mol. The third-order valence-electron chi connectivity index (χ3n) is 2.80. The predicted octanol–water partition coefficient (Wildman–Crippen LogP) is 1.70. The van der Waals surface area contributed by atoms with Crippen LogP contribution in [0.15, 0.2) is 39.7 Å². The number of anilines is 2. The Hall–Kier alpha value is -1.82. The highest BCUT2D eigenvalue weighted by molar-refractivity contribution is 9.10. The number of halogens is 1. The van der Waals surface area contributed by atoms with Crippen LogP contribution in [-0.2, 0) is 6.54 Å². The van der Waals surface area contributed by atoms with Crippen molar-refractivity contribution in [3.8, 4) is 0 Å². The Morgan fingerprint density at radius 1 is 1.37 bits per heavy atom. The summed E-state index contributed by atoms with van der Waals surface area (Å²) in [5.41, 5.74) is 8.06. The fourth-order valence-electron chi connectivity index (χ4n) is 1.66. The number of hydrogen-bond acceptors (Lipinski definition) is 4. The van der Waals surface area contributed by atoms with E-state index >= 15 is 0 Å². The quantitative estimate of drug-likeness (QED) is 0.874. The summed E-state index contributed by atoms with van der Waals surface area (Å²) in [6.45, 7) is 0.367. The standard InChI is InChI=1S/C13H15BrN4O/c1-17(2)11-6-13(19)18(16-7-11)8-9-3-4-10(14)5-12(9)15/h3-7H,8,15H2,1-2H3. The minimum absolute atomic E-state index is 0.145. The van der Waals surface area contributed by atoms with E-state index in [1.54, 1.807) is 12.3 Å². The molecule has 2 aromatic rings. The molecule has 0 aliphatic rings. The van der Waals surface area contributed by atoms with Gasteiger partial charge in [0.2, 0.25) is 0 Å². The number of aromatic nitrogens is 2. The first-order valence-electron chi connectivity index (χ1n) is 5.76. The molecule has 19 heavy (non-hydrogen) atoms. The maximum absolute atomic E-state index is 12.0. The molecule has 0 aliphatic heterocycles. The molecule has 0 aliphatic carbocycles. The monoisotopic (exact) mass is 322 g/mol. The molecule has 0 fully saturated rings. The van der Waals surface area contributed by atoms with Gasteiger partial charge in [-0.15, -0.1) is 0 Å². The van der Waals surface area contributed by atoms with Gasteiger partial charge < -0.3 is 10.6 Å². The molecule has 1 heterocycles. The number of benzene rings is 1. The molecule has 0 bridgehead atoms. The lowest BCUT2D eigenvalue weighted by atomic mass is 10.2. The molecule has 6 heteroatoms. The smallest absolute Gasteiger partial charge is 0.269 e. The molecule has 0 saturated heterocycles. The minimum Gasteiger partial charge on any atom is -0.398 e. The van der Waals surface area contributed by atoms with E-state index in [0.717, 1.165) is 15.7 Å². The Labute approximate surface area is 119 Å². The van der Waals surface area contributed by atoms with Gasteiger partial charge in [-0.3, -0.25) is 4.79 Å². The molecule has 0 unspecified atom stereocenters. The molecule has 2 N–H and O–H groups in total. The van der Waals surface area contributed by atoms with E-state index in [4.69, 9.17) is 5.73 Å². The number of nitrogen functional groups attached to an aromatic ring is 1. The van der Waals surface area contributed by atoms with Crippen molar-refractivity contribution in [3.05, 3.63) is 50.9 Å². The zero-order chi connectivity index (χ0) is 14.0. The Morgan fingerprint density at radius 3 is 2.68 bits per heavy atom. The molecular formula is C13H15BrN4O. The van der Waals surface area contributed by atoms with Crippen molar-refractivity contribution in [2.75, 3.05) is 24.7 Å². The molecule has 0 amide bonds. The number of nitrogens with two attached hydrogens (primary N) is 1. The Kier molecular flexibility index (Phi) is 3.90. The van der Waals surface area contributed by atoms with Crippen molar-refractivity contribution >= 4 is 27.3 Å². The van der Waals surface area contributed by atoms with Gasteiger partial charge in [0.1, 0.15) is 0 Å². The number of rotatable bonds is 3. The second-order valence-electron chi connectivity index (χ2n) is 4.45. The van der Waals surface area contributed by atoms with E-state index in [-0.39, 0.29) is 5.56 Å². The molecule has 1 aromatic heterocycles. The van der Waals surface area contributed by atoms with Gasteiger partial charge in [-0.25, -0.2) is 4.68 Å². The van der Waals surface area contributed by atoms with Crippen LogP contribution >= 0.6 is 15.9 Å². The highest BCUT2D eigenvalue weighted by Gasteiger charge is 2.05. The molecule has 100 valence electrons. The number of hydrogen-bond donors (Lipinski definition) is 1. The van der Waals surface area contributed by atoms with Crippen molar-refractivity contribution in [2.45, 2.75) is 6.54 Å². The van der Waals surface area contributed by atoms with E-state index < -0.39 is 0 Å². The summed E-state index contributed by atoms with van der Waals surface area (Å²) in [5, 5.41) is 4.15. The molecule has 1 aromatic carbocycles. The summed E-state index contributed by atoms with van der Waals surface area (Å²) in [6, 6.07) is 7.15. The molecule has 5 nitrogen and oxygen atoms in total. The number of nitrogens with zero attached hydrogens (tertiary/aromatic N) is 3. The van der Waals surface area contributed by atoms with Crippen LogP contribution in [0.4, 0.5) is 11.4 Å². The summed E-state index contributed by atoms with van der Waals surface area (Å²) in [7, 11) is 3.74. The summed E-state index contributed by atoms with van der Waals surface area (Å²) < 4.78 is 2.31. The zero-order valence-electron chi connectivity index (χ0n) is 10.8. The van der Waals surface area contributed by atoms with E-state index in [2.05, 4.69) is 21.0 Å². The average Bonchev–Trinajstić information content (AvgIpc) is 2.34. The van der Waals surface area contributed by atoms with Crippen LogP contribution < -0.4 is 16.2 Å². The lowest BCUT2D eigenvalue weighted by molar-refractivity contribution is 0.639. The van der Waals surface area contributed by atoms with Crippen LogP contribution in [0.3, 0.4) is 0 Å². The van der Waals surface area contributed by atoms with E-state index in [9.17, 15) is 4.79 Å². The van der Waals surface area contributed by atoms with Gasteiger partial charge in [0.05, 0.1) is 18.4 Å². The van der Waals surface area contributed by atoms with Crippen LogP contribution in [0, 0.1) is 0 Å². The van der Waals surface area contributed by atoms with Gasteiger partial charge in [-0.05, 0) is 17.7 Å². The molecule has 0 radical (unpaired) electrons. The van der Waals surface area contributed by atoms with Crippen LogP contribution in [0.25, 0.3) is 0 Å². The maximum atomic E-state index is 12.0. The van der Waals surface area contributed by atoms with Crippen LogP contribution in [0.1, 0.15) is 5.56 Å². The molecule has 0 saturated carbocycles. The summed E-state index contributed by atoms with van der Waals surface area (Å²) in [4.78, 5) is 13.8. The predicted molar refractivity (Wildman–Crippen MR) is 80.5 cm³/mol. The fraction of sp³-hybridized carbons (Fsp3) is 0.231. The summed E-state index contributed by atoms with van der Waals surface area (Å²) >= 11 is 3.35. The van der Waals surface area contributed by atoms with Gasteiger partial charge in [-0.1, -0.05) is 22.0 Å². The molecule has 0 atom stereocenters. The Bertz CT molecular complexity index is 651. The van der Waals surface area contributed by atoms with Gasteiger partial charge in [-0.2, -0.15) is 5.10 Å². The summed E-state index contributed by atoms with van der Waals surface area (Å²) in [5.74, 6) is 0. The lowest BCUT2D eigenvalue weighted by Crippen LogP contribution is -2.25. The van der Waals surface area contributed by atoms with Gasteiger partial charge in [0, 0.05) is 30.3 Å². The second-order valence-corrected chi connectivity index (χ2v) is 5.36. The molecular weight excluding hydrogens is 308 g/mol. The minimum atomic E-state index is -0.145. The van der Waals surface area contributed by atoms with E-state index in [1.807, 2.05) is 37.2 Å². The third kappa shape index (κ3) is 3.14. The normalized spacial score (nSPS) is 10.5. The SMILES string of the molecule is CN(C)c1cnn(Cc2ccc(Br)cc2N)c(=O)c1. The first-order valence-corrected chi connectivity index (χ1v) is 6.55. The van der Waals surface area contributed by atoms with Crippen LogP contribution in [-0.4, -0.2) is 23.9 Å². The van der Waals surface area contributed by atoms with E-state index in [0.29, 0.717) is 12.2 Å². The van der Waals surface area contributed by atoms with Gasteiger partial charge in [0.25, 0.3) is 5.56 Å². The molecule has 0 spiro atoms. The largest absolute Gasteiger partial charge is 0.398 e. The Balaban J connectivity index is 2.31. The Morgan fingerprint density at radius 2 is 2.11 bits per heavy atom. The van der Waals surface area contributed by atoms with Crippen LogP contribution in [0.5, 0.6) is 0 Å². The first-order chi connectivity index (χ1) is 8.97. The maximum Gasteiger partial charge on any atom is 0.269 e. The fourth-order valence-corrected chi connectivity index (χ4v) is 2.04. The lowest BCUT2D eigenvalue weighted by Gasteiger charge is -2.13. The highest BCUT2D eigenvalue weighted by Crippen LogP contribution is 2.18. The summed E-state index contributed by atoms with van der Waals surface area (Å²) in [6.07, 6.45) is 1.66. The first kappa shape index (κ1) is 13.6. The van der Waals surface area contributed by atoms with Crippen LogP contribution in [0.2, 0.25) is 0 Å². The van der Waals surface area contributed by atoms with Gasteiger partial charge in [0.15, 0.2) is 0 Å². The third-order valence-corrected chi connectivity index (χ3v) is 3.29. The van der Waals surface area contributed by atoms with Crippen molar-refractivity contribution in [3.63, 3.8) is 0 Å². The van der Waals surface area contributed by atoms with Crippen molar-refractivity contribution in [2.24, 2.45) is 0 Å².